The minimum Gasteiger partial charge on any atom is -0.301 e. The van der Waals surface area contributed by atoms with Crippen molar-refractivity contribution in [1.29, 1.82) is 0 Å². The van der Waals surface area contributed by atoms with Gasteiger partial charge in [0.05, 0.1) is 11.9 Å². The van der Waals surface area contributed by atoms with Crippen molar-refractivity contribution in [3.8, 4) is 0 Å². The Morgan fingerprint density at radius 3 is 2.91 bits per heavy atom. The lowest BCUT2D eigenvalue weighted by atomic mass is 10.3. The van der Waals surface area contributed by atoms with Crippen LogP contribution < -0.4 is 0 Å². The molecule has 0 saturated carbocycles. The molecule has 0 fully saturated rings. The first-order valence-electron chi connectivity index (χ1n) is 3.54. The number of imidazole rings is 1. The van der Waals surface area contributed by atoms with Crippen LogP contribution in [0, 0.1) is 13.8 Å². The average Bonchev–Trinajstić information content (AvgIpc) is 2.45. The summed E-state index contributed by atoms with van der Waals surface area (Å²) in [7, 11) is 0. The van der Waals surface area contributed by atoms with Crippen molar-refractivity contribution >= 4 is 5.65 Å². The molecule has 0 aromatic carbocycles. The van der Waals surface area contributed by atoms with Crippen LogP contribution in [0.25, 0.3) is 5.65 Å². The first kappa shape index (κ1) is 6.34. The standard InChI is InChI=1S/C8H9N3/c1-6-7(2)11-4-3-9-8(11)5-10-6/h3-5H,1-2H3. The Hall–Kier alpha value is -1.38. The van der Waals surface area contributed by atoms with Crippen LogP contribution in [-0.2, 0) is 0 Å². The molecule has 0 N–H and O–H groups in total. The summed E-state index contributed by atoms with van der Waals surface area (Å²) in [4.78, 5) is 8.32. The molecule has 0 aliphatic carbocycles. The third kappa shape index (κ3) is 0.808. The number of hydrogen-bond donors (Lipinski definition) is 0. The molecular weight excluding hydrogens is 138 g/mol. The van der Waals surface area contributed by atoms with E-state index in [1.54, 1.807) is 12.4 Å². The molecule has 0 aliphatic heterocycles. The summed E-state index contributed by atoms with van der Waals surface area (Å²) in [6.07, 6.45) is 5.51. The van der Waals surface area contributed by atoms with Crippen LogP contribution >= 0.6 is 0 Å². The second-order valence-electron chi connectivity index (χ2n) is 2.58. The molecule has 0 spiro atoms. The zero-order valence-electron chi connectivity index (χ0n) is 6.57. The minimum absolute atomic E-state index is 0.910. The molecule has 0 amide bonds. The van der Waals surface area contributed by atoms with Gasteiger partial charge in [0.1, 0.15) is 0 Å². The van der Waals surface area contributed by atoms with Gasteiger partial charge in [0.25, 0.3) is 0 Å². The maximum absolute atomic E-state index is 4.20. The number of rotatable bonds is 0. The van der Waals surface area contributed by atoms with E-state index in [-0.39, 0.29) is 0 Å². The van der Waals surface area contributed by atoms with Gasteiger partial charge in [0.15, 0.2) is 5.65 Å². The summed E-state index contributed by atoms with van der Waals surface area (Å²) >= 11 is 0. The third-order valence-corrected chi connectivity index (χ3v) is 1.93. The minimum atomic E-state index is 0.910. The van der Waals surface area contributed by atoms with Crippen LogP contribution in [0.5, 0.6) is 0 Å². The van der Waals surface area contributed by atoms with Crippen molar-refractivity contribution < 1.29 is 0 Å². The number of hydrogen-bond acceptors (Lipinski definition) is 2. The molecule has 2 aromatic rings. The Bertz CT molecular complexity index is 389. The summed E-state index contributed by atoms with van der Waals surface area (Å²) in [5.74, 6) is 0. The Kier molecular flexibility index (Phi) is 1.18. The van der Waals surface area contributed by atoms with Crippen molar-refractivity contribution in [1.82, 2.24) is 14.4 Å². The van der Waals surface area contributed by atoms with Crippen LogP contribution in [0.15, 0.2) is 18.6 Å². The fourth-order valence-corrected chi connectivity index (χ4v) is 1.12. The van der Waals surface area contributed by atoms with Crippen molar-refractivity contribution in [2.75, 3.05) is 0 Å². The molecule has 0 radical (unpaired) electrons. The van der Waals surface area contributed by atoms with E-state index in [0.29, 0.717) is 0 Å². The summed E-state index contributed by atoms with van der Waals surface area (Å²) in [6, 6.07) is 0. The topological polar surface area (TPSA) is 30.2 Å². The molecule has 0 saturated heterocycles. The Labute approximate surface area is 64.7 Å². The quantitative estimate of drug-likeness (QED) is 0.563. The van der Waals surface area contributed by atoms with Crippen LogP contribution in [0.1, 0.15) is 11.4 Å². The maximum atomic E-state index is 4.20. The fourth-order valence-electron chi connectivity index (χ4n) is 1.12. The van der Waals surface area contributed by atoms with E-state index in [9.17, 15) is 0 Å². The van der Waals surface area contributed by atoms with E-state index in [1.165, 1.54) is 0 Å². The highest BCUT2D eigenvalue weighted by atomic mass is 15.0. The lowest BCUT2D eigenvalue weighted by molar-refractivity contribution is 0.998. The molecule has 0 aliphatic rings. The number of fused-ring (bicyclic) bond motifs is 1. The van der Waals surface area contributed by atoms with Crippen LogP contribution in [0.4, 0.5) is 0 Å². The molecule has 3 nitrogen and oxygen atoms in total. The maximum Gasteiger partial charge on any atom is 0.155 e. The second kappa shape index (κ2) is 2.05. The van der Waals surface area contributed by atoms with Crippen LogP contribution in [-0.4, -0.2) is 14.4 Å². The molecule has 0 unspecified atom stereocenters. The second-order valence-corrected chi connectivity index (χ2v) is 2.58. The van der Waals surface area contributed by atoms with Gasteiger partial charge in [0.2, 0.25) is 0 Å². The highest BCUT2D eigenvalue weighted by molar-refractivity contribution is 5.37. The van der Waals surface area contributed by atoms with Crippen molar-refractivity contribution in [2.24, 2.45) is 0 Å². The first-order chi connectivity index (χ1) is 5.29. The highest BCUT2D eigenvalue weighted by Gasteiger charge is 1.99. The Balaban J connectivity index is 2.93. The average molecular weight is 147 g/mol. The van der Waals surface area contributed by atoms with E-state index >= 15 is 0 Å². The molecule has 56 valence electrons. The predicted octanol–water partition coefficient (Wildman–Crippen LogP) is 1.35. The van der Waals surface area contributed by atoms with Gasteiger partial charge in [-0.2, -0.15) is 0 Å². The van der Waals surface area contributed by atoms with Crippen LogP contribution in [0.2, 0.25) is 0 Å². The summed E-state index contributed by atoms with van der Waals surface area (Å²) in [5, 5.41) is 0. The lowest BCUT2D eigenvalue weighted by Gasteiger charge is -2.00. The zero-order valence-corrected chi connectivity index (χ0v) is 6.57. The number of aromatic nitrogens is 3. The fraction of sp³-hybridized carbons (Fsp3) is 0.250. The van der Waals surface area contributed by atoms with E-state index in [1.807, 2.05) is 24.4 Å². The van der Waals surface area contributed by atoms with Gasteiger partial charge in [-0.05, 0) is 13.8 Å². The normalized spacial score (nSPS) is 10.7. The number of nitrogens with zero attached hydrogens (tertiary/aromatic N) is 3. The van der Waals surface area contributed by atoms with Crippen molar-refractivity contribution in [2.45, 2.75) is 13.8 Å². The van der Waals surface area contributed by atoms with Gasteiger partial charge >= 0.3 is 0 Å². The largest absolute Gasteiger partial charge is 0.301 e. The van der Waals surface area contributed by atoms with Gasteiger partial charge in [-0.15, -0.1) is 0 Å². The highest BCUT2D eigenvalue weighted by Crippen LogP contribution is 2.05. The number of aryl methyl sites for hydroxylation is 2. The Morgan fingerprint density at radius 2 is 2.09 bits per heavy atom. The predicted molar refractivity (Wildman–Crippen MR) is 42.5 cm³/mol. The summed E-state index contributed by atoms with van der Waals surface area (Å²) in [5.41, 5.74) is 3.11. The molecule has 11 heavy (non-hydrogen) atoms. The molecule has 0 atom stereocenters. The molecule has 2 aromatic heterocycles. The molecule has 2 rings (SSSR count). The summed E-state index contributed by atoms with van der Waals surface area (Å²) < 4.78 is 2.03. The van der Waals surface area contributed by atoms with E-state index in [2.05, 4.69) is 9.97 Å². The van der Waals surface area contributed by atoms with E-state index < -0.39 is 0 Å². The van der Waals surface area contributed by atoms with Crippen LogP contribution in [0.3, 0.4) is 0 Å². The molecular formula is C8H9N3. The SMILES string of the molecule is Cc1ncc2nccn2c1C. The lowest BCUT2D eigenvalue weighted by Crippen LogP contribution is -1.95. The van der Waals surface area contributed by atoms with Gasteiger partial charge in [-0.3, -0.25) is 4.98 Å². The van der Waals surface area contributed by atoms with Gasteiger partial charge < -0.3 is 4.40 Å². The first-order valence-corrected chi connectivity index (χ1v) is 3.54. The van der Waals surface area contributed by atoms with Gasteiger partial charge in [-0.25, -0.2) is 4.98 Å². The zero-order chi connectivity index (χ0) is 7.84. The smallest absolute Gasteiger partial charge is 0.155 e. The van der Waals surface area contributed by atoms with Gasteiger partial charge in [0, 0.05) is 18.1 Å². The molecule has 2 heterocycles. The summed E-state index contributed by atoms with van der Waals surface area (Å²) in [6.45, 7) is 4.03. The molecule has 3 heteroatoms. The molecule has 0 bridgehead atoms. The van der Waals surface area contributed by atoms with Crippen molar-refractivity contribution in [3.63, 3.8) is 0 Å². The third-order valence-electron chi connectivity index (χ3n) is 1.93. The Morgan fingerprint density at radius 1 is 1.27 bits per heavy atom. The van der Waals surface area contributed by atoms with E-state index in [0.717, 1.165) is 17.0 Å². The van der Waals surface area contributed by atoms with Gasteiger partial charge in [-0.1, -0.05) is 0 Å². The monoisotopic (exact) mass is 147 g/mol. The van der Waals surface area contributed by atoms with Crippen molar-refractivity contribution in [3.05, 3.63) is 30.0 Å². The van der Waals surface area contributed by atoms with E-state index in [4.69, 9.17) is 0 Å².